The predicted octanol–water partition coefficient (Wildman–Crippen LogP) is 7.68. The predicted molar refractivity (Wildman–Crippen MR) is 134 cm³/mol. The van der Waals surface area contributed by atoms with Crippen molar-refractivity contribution >= 4 is 5.69 Å². The lowest BCUT2D eigenvalue weighted by atomic mass is 9.82. The Morgan fingerprint density at radius 1 is 0.742 bits per heavy atom. The molecule has 4 rings (SSSR count). The molecule has 0 aromatic heterocycles. The zero-order valence-electron chi connectivity index (χ0n) is 18.7. The van der Waals surface area contributed by atoms with Crippen molar-refractivity contribution in [2.75, 3.05) is 4.90 Å². The highest BCUT2D eigenvalue weighted by Crippen LogP contribution is 2.36. The topological polar surface area (TPSA) is 3.24 Å². The third kappa shape index (κ3) is 4.56. The van der Waals surface area contributed by atoms with Gasteiger partial charge in [-0.15, -0.1) is 0 Å². The van der Waals surface area contributed by atoms with Crippen molar-refractivity contribution in [2.24, 2.45) is 0 Å². The van der Waals surface area contributed by atoms with Crippen LogP contribution in [0, 0.1) is 0 Å². The van der Waals surface area contributed by atoms with Gasteiger partial charge in [0.1, 0.15) is 0 Å². The highest BCUT2D eigenvalue weighted by Gasteiger charge is 2.30. The first-order valence-corrected chi connectivity index (χ1v) is 11.0. The first-order valence-electron chi connectivity index (χ1n) is 11.0. The van der Waals surface area contributed by atoms with E-state index in [2.05, 4.69) is 147 Å². The van der Waals surface area contributed by atoms with Crippen molar-refractivity contribution in [3.8, 4) is 0 Å². The summed E-state index contributed by atoms with van der Waals surface area (Å²) in [6.45, 7) is 6.73. The van der Waals surface area contributed by atoms with Crippen molar-refractivity contribution in [1.29, 1.82) is 0 Å². The largest absolute Gasteiger partial charge is 0.329 e. The molecule has 0 amide bonds. The van der Waals surface area contributed by atoms with Crippen LogP contribution in [0.25, 0.3) is 0 Å². The minimum Gasteiger partial charge on any atom is -0.329 e. The molecule has 1 heteroatoms. The summed E-state index contributed by atoms with van der Waals surface area (Å²) in [5.74, 6) is 0. The van der Waals surface area contributed by atoms with E-state index in [9.17, 15) is 0 Å². The summed E-state index contributed by atoms with van der Waals surface area (Å²) in [7, 11) is 0. The SMILES string of the molecule is C/C1=C\C=C/C(C)(N(C2=CC=CC(C)(c3ccccc3)C=C2)c2ccccc2)/C=C\C1. The van der Waals surface area contributed by atoms with Gasteiger partial charge in [0.15, 0.2) is 0 Å². The Bertz CT molecular complexity index is 1080. The van der Waals surface area contributed by atoms with Gasteiger partial charge >= 0.3 is 0 Å². The molecule has 31 heavy (non-hydrogen) atoms. The zero-order chi connectivity index (χ0) is 21.7. The average Bonchev–Trinajstić information content (AvgIpc) is 2.97. The molecule has 0 aliphatic heterocycles. The Hall–Kier alpha value is -3.32. The molecule has 2 unspecified atom stereocenters. The van der Waals surface area contributed by atoms with E-state index in [1.807, 2.05) is 0 Å². The van der Waals surface area contributed by atoms with Gasteiger partial charge in [0.05, 0.1) is 5.54 Å². The normalized spacial score (nSPS) is 29.0. The molecule has 0 N–H and O–H groups in total. The van der Waals surface area contributed by atoms with E-state index in [1.165, 1.54) is 22.5 Å². The molecule has 0 fully saturated rings. The maximum atomic E-state index is 2.42. The summed E-state index contributed by atoms with van der Waals surface area (Å²) in [5.41, 5.74) is 4.58. The van der Waals surface area contributed by atoms with Crippen LogP contribution in [0.1, 0.15) is 32.8 Å². The van der Waals surface area contributed by atoms with E-state index in [1.54, 1.807) is 0 Å². The Morgan fingerprint density at radius 2 is 1.42 bits per heavy atom. The van der Waals surface area contributed by atoms with Crippen molar-refractivity contribution in [1.82, 2.24) is 0 Å². The zero-order valence-corrected chi connectivity index (χ0v) is 18.7. The second-order valence-corrected chi connectivity index (χ2v) is 8.81. The van der Waals surface area contributed by atoms with Gasteiger partial charge in [-0.2, -0.15) is 0 Å². The molecule has 0 bridgehead atoms. The van der Waals surface area contributed by atoms with E-state index in [0.717, 1.165) is 6.42 Å². The van der Waals surface area contributed by atoms with Gasteiger partial charge in [0.2, 0.25) is 0 Å². The molecule has 1 nitrogen and oxygen atoms in total. The molecule has 0 saturated carbocycles. The lowest BCUT2D eigenvalue weighted by Crippen LogP contribution is -2.42. The lowest BCUT2D eigenvalue weighted by Gasteiger charge is -2.40. The van der Waals surface area contributed by atoms with Crippen LogP contribution in [0.5, 0.6) is 0 Å². The summed E-state index contributed by atoms with van der Waals surface area (Å²) >= 11 is 0. The van der Waals surface area contributed by atoms with Crippen LogP contribution >= 0.6 is 0 Å². The summed E-state index contributed by atoms with van der Waals surface area (Å²) in [6, 6.07) is 21.4. The molecule has 0 radical (unpaired) electrons. The van der Waals surface area contributed by atoms with Crippen LogP contribution in [0.15, 0.2) is 133 Å². The first-order chi connectivity index (χ1) is 15.0. The number of hydrogen-bond acceptors (Lipinski definition) is 1. The van der Waals surface area contributed by atoms with Gasteiger partial charge in [-0.3, -0.25) is 0 Å². The number of allylic oxidation sites excluding steroid dienone is 9. The maximum absolute atomic E-state index is 2.42. The molecule has 0 saturated heterocycles. The number of nitrogens with zero attached hydrogens (tertiary/aromatic N) is 1. The Kier molecular flexibility index (Phi) is 5.95. The molecule has 2 aliphatic carbocycles. The van der Waals surface area contributed by atoms with Crippen LogP contribution in [-0.2, 0) is 5.41 Å². The van der Waals surface area contributed by atoms with E-state index in [4.69, 9.17) is 0 Å². The fourth-order valence-electron chi connectivity index (χ4n) is 4.30. The molecular weight excluding hydrogens is 374 g/mol. The van der Waals surface area contributed by atoms with Gasteiger partial charge < -0.3 is 4.90 Å². The van der Waals surface area contributed by atoms with Crippen LogP contribution in [-0.4, -0.2) is 5.54 Å². The molecule has 0 heterocycles. The molecule has 2 aromatic rings. The van der Waals surface area contributed by atoms with Gasteiger partial charge in [-0.05, 0) is 57.0 Å². The third-order valence-electron chi connectivity index (χ3n) is 6.17. The fraction of sp³-hybridized carbons (Fsp3) is 0.200. The second kappa shape index (κ2) is 8.81. The number of benzene rings is 2. The molecule has 2 atom stereocenters. The minimum absolute atomic E-state index is 0.144. The van der Waals surface area contributed by atoms with Crippen LogP contribution < -0.4 is 4.90 Å². The van der Waals surface area contributed by atoms with Gasteiger partial charge in [-0.1, -0.05) is 103 Å². The smallest absolute Gasteiger partial charge is 0.0792 e. The van der Waals surface area contributed by atoms with E-state index < -0.39 is 0 Å². The van der Waals surface area contributed by atoms with E-state index in [-0.39, 0.29) is 11.0 Å². The Balaban J connectivity index is 1.78. The number of rotatable bonds is 4. The third-order valence-corrected chi connectivity index (χ3v) is 6.17. The highest BCUT2D eigenvalue weighted by molar-refractivity contribution is 5.62. The van der Waals surface area contributed by atoms with E-state index >= 15 is 0 Å². The Labute approximate surface area is 187 Å². The minimum atomic E-state index is -0.282. The van der Waals surface area contributed by atoms with Crippen molar-refractivity contribution in [3.05, 3.63) is 138 Å². The van der Waals surface area contributed by atoms with Crippen LogP contribution in [0.3, 0.4) is 0 Å². The molecule has 156 valence electrons. The first kappa shape index (κ1) is 20.9. The molecule has 2 aromatic carbocycles. The van der Waals surface area contributed by atoms with Crippen molar-refractivity contribution < 1.29 is 0 Å². The highest BCUT2D eigenvalue weighted by atomic mass is 15.2. The van der Waals surface area contributed by atoms with Gasteiger partial charge in [0.25, 0.3) is 0 Å². The maximum Gasteiger partial charge on any atom is 0.0792 e. The molecule has 0 spiro atoms. The summed E-state index contributed by atoms with van der Waals surface area (Å²) in [4.78, 5) is 2.42. The summed E-state index contributed by atoms with van der Waals surface area (Å²) in [5, 5.41) is 0. The van der Waals surface area contributed by atoms with E-state index in [0.29, 0.717) is 0 Å². The quantitative estimate of drug-likeness (QED) is 0.471. The fourth-order valence-corrected chi connectivity index (χ4v) is 4.30. The van der Waals surface area contributed by atoms with Crippen molar-refractivity contribution in [3.63, 3.8) is 0 Å². The standard InChI is InChI=1S/C30H31N/c1-25-13-10-22-30(3,23-11-14-25)31(27-17-8-5-9-18-27)28-19-12-21-29(2,24-20-28)26-15-6-4-7-16-26/h4-13,15-24H,14H2,1-3H3/b22-10-,23-11-,25-13+. The number of anilines is 1. The lowest BCUT2D eigenvalue weighted by molar-refractivity contribution is 0.675. The second-order valence-electron chi connectivity index (χ2n) is 8.81. The molecular formula is C30H31N. The van der Waals surface area contributed by atoms with Gasteiger partial charge in [-0.25, -0.2) is 0 Å². The van der Waals surface area contributed by atoms with Crippen molar-refractivity contribution in [2.45, 2.75) is 38.1 Å². The number of para-hydroxylation sites is 1. The summed E-state index contributed by atoms with van der Waals surface area (Å²) in [6.07, 6.45) is 23.6. The monoisotopic (exact) mass is 405 g/mol. The molecule has 2 aliphatic rings. The summed E-state index contributed by atoms with van der Waals surface area (Å²) < 4.78 is 0. The number of hydrogen-bond donors (Lipinski definition) is 0. The Morgan fingerprint density at radius 3 is 2.16 bits per heavy atom. The van der Waals surface area contributed by atoms with Crippen LogP contribution in [0.2, 0.25) is 0 Å². The van der Waals surface area contributed by atoms with Gasteiger partial charge in [0, 0.05) is 16.8 Å². The van der Waals surface area contributed by atoms with Crippen LogP contribution in [0.4, 0.5) is 5.69 Å². The average molecular weight is 406 g/mol.